The van der Waals surface area contributed by atoms with E-state index in [1.54, 1.807) is 12.3 Å². The molecule has 5 rings (SSSR count). The van der Waals surface area contributed by atoms with E-state index >= 15 is 0 Å². The number of aromatic nitrogens is 3. The molecule has 4 heterocycles. The van der Waals surface area contributed by atoms with Gasteiger partial charge < -0.3 is 20.7 Å². The van der Waals surface area contributed by atoms with Crippen molar-refractivity contribution in [1.82, 2.24) is 19.9 Å². The van der Waals surface area contributed by atoms with E-state index in [2.05, 4.69) is 15.3 Å². The number of ether oxygens (including phenoxy) is 1. The summed E-state index contributed by atoms with van der Waals surface area (Å²) in [6.45, 7) is 2.89. The molecule has 150 valence electrons. The number of amides is 1. The fraction of sp³-hybridized carbons (Fsp3) is 0.350. The van der Waals surface area contributed by atoms with Crippen LogP contribution < -0.4 is 20.7 Å². The second-order valence-corrected chi connectivity index (χ2v) is 7.49. The van der Waals surface area contributed by atoms with Gasteiger partial charge in [-0.25, -0.2) is 13.9 Å². The maximum absolute atomic E-state index is 14.1. The number of fused-ring (bicyclic) bond motifs is 5. The minimum atomic E-state index is -0.353. The highest BCUT2D eigenvalue weighted by molar-refractivity contribution is 6.04. The fourth-order valence-corrected chi connectivity index (χ4v) is 4.15. The Hall–Kier alpha value is -3.36. The third kappa shape index (κ3) is 2.93. The standard InChI is InChI=1S/C20H21FN6O2/c1-11-10-23-20(28)17-18(22)25-27-8-6-16(24-19(17)27)26-7-2-3-14(26)13-9-12(21)4-5-15(13)29-11/h4-6,8-9,11,14H,2-3,7,10H2,1H3,(H2,22,25)(H,23,28)/t11-,14+/m0/s1. The minimum absolute atomic E-state index is 0.0732. The SMILES string of the molecule is C[C@H]1CNC(=O)c2c(N)nn3ccc(nc23)N2CCC[C@@H]2c2cc(F)ccc2O1. The number of nitrogens with two attached hydrogens (primary N) is 1. The third-order valence-electron chi connectivity index (χ3n) is 5.48. The number of rotatable bonds is 0. The molecule has 29 heavy (non-hydrogen) atoms. The van der Waals surface area contributed by atoms with Crippen molar-refractivity contribution in [2.75, 3.05) is 23.7 Å². The number of hydrogen-bond donors (Lipinski definition) is 2. The summed E-state index contributed by atoms with van der Waals surface area (Å²) < 4.78 is 21.7. The Morgan fingerprint density at radius 1 is 1.34 bits per heavy atom. The second kappa shape index (κ2) is 6.61. The maximum atomic E-state index is 14.1. The highest BCUT2D eigenvalue weighted by Crippen LogP contribution is 2.40. The topological polar surface area (TPSA) is 97.8 Å². The first kappa shape index (κ1) is 17.7. The summed E-state index contributed by atoms with van der Waals surface area (Å²) in [5, 5.41) is 7.04. The quantitative estimate of drug-likeness (QED) is 0.605. The summed E-state index contributed by atoms with van der Waals surface area (Å²) >= 11 is 0. The highest BCUT2D eigenvalue weighted by atomic mass is 19.1. The molecule has 3 aromatic rings. The van der Waals surface area contributed by atoms with Crippen LogP contribution in [0.4, 0.5) is 16.0 Å². The van der Waals surface area contributed by atoms with Gasteiger partial charge in [0.15, 0.2) is 11.5 Å². The lowest BCUT2D eigenvalue weighted by Crippen LogP contribution is -2.34. The van der Waals surface area contributed by atoms with Gasteiger partial charge >= 0.3 is 0 Å². The normalized spacial score (nSPS) is 21.6. The molecule has 1 amide bonds. The van der Waals surface area contributed by atoms with Gasteiger partial charge in [-0.3, -0.25) is 4.79 Å². The van der Waals surface area contributed by atoms with Crippen molar-refractivity contribution in [2.24, 2.45) is 0 Å². The first-order valence-electron chi connectivity index (χ1n) is 9.67. The van der Waals surface area contributed by atoms with Crippen molar-refractivity contribution in [3.63, 3.8) is 0 Å². The van der Waals surface area contributed by atoms with Crippen molar-refractivity contribution in [3.8, 4) is 5.75 Å². The molecular weight excluding hydrogens is 375 g/mol. The van der Waals surface area contributed by atoms with Gasteiger partial charge in [-0.05, 0) is 44.0 Å². The molecule has 1 fully saturated rings. The molecule has 2 aliphatic rings. The number of anilines is 2. The Balaban J connectivity index is 1.70. The van der Waals surface area contributed by atoms with Crippen molar-refractivity contribution in [1.29, 1.82) is 0 Å². The first-order valence-corrected chi connectivity index (χ1v) is 9.67. The van der Waals surface area contributed by atoms with Crippen LogP contribution in [0.3, 0.4) is 0 Å². The number of benzene rings is 1. The van der Waals surface area contributed by atoms with Gasteiger partial charge in [0.1, 0.15) is 29.1 Å². The Bertz CT molecular complexity index is 1110. The van der Waals surface area contributed by atoms with E-state index in [1.165, 1.54) is 16.6 Å². The Labute approximate surface area is 166 Å². The largest absolute Gasteiger partial charge is 0.489 e. The number of nitrogen functional groups attached to an aromatic ring is 1. The van der Waals surface area contributed by atoms with Crippen LogP contribution in [0.25, 0.3) is 5.65 Å². The zero-order chi connectivity index (χ0) is 20.1. The van der Waals surface area contributed by atoms with Crippen LogP contribution in [0.1, 0.15) is 41.7 Å². The zero-order valence-electron chi connectivity index (χ0n) is 15.9. The molecule has 8 nitrogen and oxygen atoms in total. The number of halogens is 1. The van der Waals surface area contributed by atoms with Crippen molar-refractivity contribution in [3.05, 3.63) is 47.4 Å². The summed E-state index contributed by atoms with van der Waals surface area (Å²) in [6.07, 6.45) is 3.22. The molecule has 0 aliphatic carbocycles. The van der Waals surface area contributed by atoms with Gasteiger partial charge in [-0.1, -0.05) is 0 Å². The first-order chi connectivity index (χ1) is 14.0. The second-order valence-electron chi connectivity index (χ2n) is 7.49. The Morgan fingerprint density at radius 3 is 3.07 bits per heavy atom. The summed E-state index contributed by atoms with van der Waals surface area (Å²) in [7, 11) is 0. The van der Waals surface area contributed by atoms with Gasteiger partial charge in [0.2, 0.25) is 0 Å². The molecule has 0 radical (unpaired) electrons. The van der Waals surface area contributed by atoms with E-state index in [0.29, 0.717) is 17.2 Å². The predicted octanol–water partition coefficient (Wildman–Crippen LogP) is 2.30. The molecular formula is C20H21FN6O2. The molecule has 0 unspecified atom stereocenters. The predicted molar refractivity (Wildman–Crippen MR) is 106 cm³/mol. The van der Waals surface area contributed by atoms with Crippen LogP contribution in [-0.4, -0.2) is 39.7 Å². The number of nitrogens with one attached hydrogen (secondary N) is 1. The van der Waals surface area contributed by atoms with Gasteiger partial charge in [0.25, 0.3) is 5.91 Å². The monoisotopic (exact) mass is 396 g/mol. The number of hydrogen-bond acceptors (Lipinski definition) is 6. The third-order valence-corrected chi connectivity index (χ3v) is 5.48. The van der Waals surface area contributed by atoms with Crippen LogP contribution >= 0.6 is 0 Å². The number of nitrogens with zero attached hydrogens (tertiary/aromatic N) is 4. The fourth-order valence-electron chi connectivity index (χ4n) is 4.15. The van der Waals surface area contributed by atoms with Crippen LogP contribution in [0.2, 0.25) is 0 Å². The summed E-state index contributed by atoms with van der Waals surface area (Å²) in [5.74, 6) is 0.774. The molecule has 3 N–H and O–H groups in total. The molecule has 1 saturated heterocycles. The van der Waals surface area contributed by atoms with Crippen LogP contribution in [0.5, 0.6) is 5.75 Å². The van der Waals surface area contributed by atoms with Crippen molar-refractivity contribution in [2.45, 2.75) is 31.9 Å². The van der Waals surface area contributed by atoms with Gasteiger partial charge in [0, 0.05) is 18.3 Å². The van der Waals surface area contributed by atoms with Crippen LogP contribution in [0.15, 0.2) is 30.5 Å². The van der Waals surface area contributed by atoms with Crippen LogP contribution in [-0.2, 0) is 0 Å². The van der Waals surface area contributed by atoms with E-state index in [1.807, 2.05) is 13.0 Å². The Kier molecular flexibility index (Phi) is 4.04. The molecule has 1 aromatic carbocycles. The average molecular weight is 396 g/mol. The zero-order valence-corrected chi connectivity index (χ0v) is 15.9. The van der Waals surface area contributed by atoms with E-state index in [-0.39, 0.29) is 41.8 Å². The lowest BCUT2D eigenvalue weighted by atomic mass is 10.0. The highest BCUT2D eigenvalue weighted by Gasteiger charge is 2.31. The molecule has 2 aromatic heterocycles. The molecule has 2 aliphatic heterocycles. The minimum Gasteiger partial charge on any atom is -0.489 e. The van der Waals surface area contributed by atoms with E-state index < -0.39 is 0 Å². The smallest absolute Gasteiger partial charge is 0.259 e. The molecule has 0 spiro atoms. The average Bonchev–Trinajstić information content (AvgIpc) is 3.30. The number of carbonyl (C=O) groups excluding carboxylic acids is 1. The molecule has 2 bridgehead atoms. The number of carbonyl (C=O) groups is 1. The maximum Gasteiger partial charge on any atom is 0.259 e. The summed E-state index contributed by atoms with van der Waals surface area (Å²) in [5.41, 5.74) is 7.44. The summed E-state index contributed by atoms with van der Waals surface area (Å²) in [4.78, 5) is 19.6. The van der Waals surface area contributed by atoms with E-state index in [0.717, 1.165) is 24.9 Å². The molecule has 2 atom stereocenters. The van der Waals surface area contributed by atoms with Crippen LogP contribution in [0, 0.1) is 5.82 Å². The lowest BCUT2D eigenvalue weighted by molar-refractivity contribution is 0.0934. The van der Waals surface area contributed by atoms with E-state index in [4.69, 9.17) is 15.5 Å². The van der Waals surface area contributed by atoms with Gasteiger partial charge in [-0.2, -0.15) is 0 Å². The summed E-state index contributed by atoms with van der Waals surface area (Å²) in [6, 6.07) is 6.34. The molecule has 9 heteroatoms. The molecule has 0 saturated carbocycles. The van der Waals surface area contributed by atoms with Gasteiger partial charge in [0.05, 0.1) is 12.6 Å². The lowest BCUT2D eigenvalue weighted by Gasteiger charge is -2.28. The van der Waals surface area contributed by atoms with Crippen molar-refractivity contribution >= 4 is 23.2 Å². The van der Waals surface area contributed by atoms with Crippen molar-refractivity contribution < 1.29 is 13.9 Å². The van der Waals surface area contributed by atoms with Gasteiger partial charge in [-0.15, -0.1) is 5.10 Å². The van der Waals surface area contributed by atoms with E-state index in [9.17, 15) is 9.18 Å². The Morgan fingerprint density at radius 2 is 2.21 bits per heavy atom.